The van der Waals surface area contributed by atoms with Crippen LogP contribution in [0.25, 0.3) is 31.6 Å². The highest BCUT2D eigenvalue weighted by molar-refractivity contribution is 7.22. The highest BCUT2D eigenvalue weighted by atomic mass is 32.1. The van der Waals surface area contributed by atoms with Crippen LogP contribution in [0.15, 0.2) is 74.9 Å². The molecule has 3 heterocycles. The zero-order valence-electron chi connectivity index (χ0n) is 17.9. The van der Waals surface area contributed by atoms with E-state index in [1.807, 2.05) is 37.3 Å². The van der Waals surface area contributed by atoms with Gasteiger partial charge in [0.2, 0.25) is 5.91 Å². The minimum Gasteiger partial charge on any atom is -0.423 e. The van der Waals surface area contributed by atoms with E-state index in [9.17, 15) is 14.4 Å². The summed E-state index contributed by atoms with van der Waals surface area (Å²) in [6.07, 6.45) is 1.52. The molecule has 0 aliphatic heterocycles. The van der Waals surface area contributed by atoms with Crippen molar-refractivity contribution in [3.63, 3.8) is 0 Å². The summed E-state index contributed by atoms with van der Waals surface area (Å²) in [5.74, 6) is -0.222. The molecule has 5 aromatic rings. The summed E-state index contributed by atoms with van der Waals surface area (Å²) in [6, 6.07) is 16.4. The monoisotopic (exact) mass is 457 g/mol. The largest absolute Gasteiger partial charge is 0.423 e. The third-order valence-electron chi connectivity index (χ3n) is 5.44. The Labute approximate surface area is 191 Å². The smallest absolute Gasteiger partial charge is 0.336 e. The van der Waals surface area contributed by atoms with Gasteiger partial charge in [0.1, 0.15) is 10.4 Å². The van der Waals surface area contributed by atoms with Crippen molar-refractivity contribution >= 4 is 44.1 Å². The molecule has 2 aromatic carbocycles. The van der Waals surface area contributed by atoms with Gasteiger partial charge in [0.25, 0.3) is 5.56 Å². The van der Waals surface area contributed by atoms with Gasteiger partial charge >= 0.3 is 5.63 Å². The molecule has 0 atom stereocenters. The Hall–Kier alpha value is -4.04. The lowest BCUT2D eigenvalue weighted by molar-refractivity contribution is -0.114. The third kappa shape index (κ3) is 3.85. The molecule has 33 heavy (non-hydrogen) atoms. The number of amides is 1. The standard InChI is InChI=1S/C25H19N3O4S/c1-14-22-24(33-23(14)16-6-4-3-5-7-16)26-13-28(25(22)31)12-17-10-21(30)32-20-11-18(27-15(2)29)8-9-19(17)20/h3-11,13H,12H2,1-2H3,(H,27,29). The van der Waals surface area contributed by atoms with Gasteiger partial charge in [-0.2, -0.15) is 0 Å². The number of rotatable bonds is 4. The van der Waals surface area contributed by atoms with Crippen molar-refractivity contribution in [1.82, 2.24) is 9.55 Å². The molecule has 0 saturated carbocycles. The first kappa shape index (κ1) is 20.8. The van der Waals surface area contributed by atoms with Gasteiger partial charge in [-0.05, 0) is 35.7 Å². The molecule has 7 nitrogen and oxygen atoms in total. The van der Waals surface area contributed by atoms with Crippen molar-refractivity contribution in [1.29, 1.82) is 0 Å². The summed E-state index contributed by atoms with van der Waals surface area (Å²) >= 11 is 1.49. The number of hydrogen-bond acceptors (Lipinski definition) is 6. The van der Waals surface area contributed by atoms with Crippen LogP contribution >= 0.6 is 11.3 Å². The van der Waals surface area contributed by atoms with Gasteiger partial charge in [-0.3, -0.25) is 14.2 Å². The average Bonchev–Trinajstić information content (AvgIpc) is 3.12. The maximum atomic E-state index is 13.4. The number of aromatic nitrogens is 2. The number of benzene rings is 2. The SMILES string of the molecule is CC(=O)Nc1ccc2c(Cn3cnc4sc(-c5ccccc5)c(C)c4c3=O)cc(=O)oc2c1. The Morgan fingerprint density at radius 3 is 2.67 bits per heavy atom. The summed E-state index contributed by atoms with van der Waals surface area (Å²) in [5.41, 5.74) is 2.75. The molecule has 164 valence electrons. The molecule has 3 aromatic heterocycles. The quantitative estimate of drug-likeness (QED) is 0.400. The van der Waals surface area contributed by atoms with Gasteiger partial charge in [0.05, 0.1) is 18.3 Å². The molecule has 5 rings (SSSR count). The lowest BCUT2D eigenvalue weighted by Crippen LogP contribution is -2.21. The molecule has 8 heteroatoms. The van der Waals surface area contributed by atoms with Crippen molar-refractivity contribution in [3.8, 4) is 10.4 Å². The number of hydrogen-bond donors (Lipinski definition) is 1. The lowest BCUT2D eigenvalue weighted by atomic mass is 10.1. The van der Waals surface area contributed by atoms with Gasteiger partial charge in [-0.25, -0.2) is 9.78 Å². The molecular weight excluding hydrogens is 438 g/mol. The zero-order valence-corrected chi connectivity index (χ0v) is 18.7. The number of nitrogens with one attached hydrogen (secondary N) is 1. The van der Waals surface area contributed by atoms with Crippen molar-refractivity contribution in [2.75, 3.05) is 5.32 Å². The molecule has 1 amide bonds. The fraction of sp³-hybridized carbons (Fsp3) is 0.120. The molecule has 0 fully saturated rings. The van der Waals surface area contributed by atoms with Crippen LogP contribution in [0.5, 0.6) is 0 Å². The van der Waals surface area contributed by atoms with E-state index < -0.39 is 5.63 Å². The third-order valence-corrected chi connectivity index (χ3v) is 6.69. The number of nitrogens with zero attached hydrogens (tertiary/aromatic N) is 2. The van der Waals surface area contributed by atoms with Gasteiger partial charge in [-0.1, -0.05) is 30.3 Å². The lowest BCUT2D eigenvalue weighted by Gasteiger charge is -2.09. The molecule has 0 spiro atoms. The summed E-state index contributed by atoms with van der Waals surface area (Å²) in [5, 5.41) is 3.94. The molecule has 0 aliphatic rings. The van der Waals surface area contributed by atoms with Crippen LogP contribution in [0.1, 0.15) is 18.1 Å². The first-order valence-corrected chi connectivity index (χ1v) is 11.1. The second kappa shape index (κ2) is 8.14. The van der Waals surface area contributed by atoms with Gasteiger partial charge in [-0.15, -0.1) is 11.3 Å². The van der Waals surface area contributed by atoms with E-state index in [-0.39, 0.29) is 18.0 Å². The Morgan fingerprint density at radius 2 is 1.91 bits per heavy atom. The zero-order chi connectivity index (χ0) is 23.1. The normalized spacial score (nSPS) is 11.2. The summed E-state index contributed by atoms with van der Waals surface area (Å²) < 4.78 is 6.83. The van der Waals surface area contributed by atoms with Crippen molar-refractivity contribution in [2.45, 2.75) is 20.4 Å². The van der Waals surface area contributed by atoms with Crippen LogP contribution in [0.3, 0.4) is 0 Å². The van der Waals surface area contributed by atoms with E-state index in [4.69, 9.17) is 4.42 Å². The second-order valence-electron chi connectivity index (χ2n) is 7.76. The summed E-state index contributed by atoms with van der Waals surface area (Å²) in [7, 11) is 0. The predicted molar refractivity (Wildman–Crippen MR) is 130 cm³/mol. The number of anilines is 1. The van der Waals surface area contributed by atoms with E-state index in [1.54, 1.807) is 18.2 Å². The van der Waals surface area contributed by atoms with Crippen molar-refractivity contribution in [3.05, 3.63) is 92.8 Å². The maximum Gasteiger partial charge on any atom is 0.336 e. The number of aryl methyl sites for hydroxylation is 1. The van der Waals surface area contributed by atoms with E-state index in [2.05, 4.69) is 10.3 Å². The summed E-state index contributed by atoms with van der Waals surface area (Å²) in [6.45, 7) is 3.51. The number of fused-ring (bicyclic) bond motifs is 2. The van der Waals surface area contributed by atoms with E-state index in [0.717, 1.165) is 16.0 Å². The predicted octanol–water partition coefficient (Wildman–Crippen LogP) is 4.55. The van der Waals surface area contributed by atoms with E-state index in [0.29, 0.717) is 32.4 Å². The minimum absolute atomic E-state index is 0.160. The molecule has 0 aliphatic carbocycles. The molecule has 0 radical (unpaired) electrons. The van der Waals surface area contributed by atoms with Crippen LogP contribution in [-0.4, -0.2) is 15.5 Å². The van der Waals surface area contributed by atoms with Crippen LogP contribution in [0.2, 0.25) is 0 Å². The molecular formula is C25H19N3O4S. The fourth-order valence-corrected chi connectivity index (χ4v) is 5.11. The van der Waals surface area contributed by atoms with Crippen LogP contribution in [0, 0.1) is 6.92 Å². The van der Waals surface area contributed by atoms with Gasteiger partial charge < -0.3 is 9.73 Å². The van der Waals surface area contributed by atoms with Crippen LogP contribution in [-0.2, 0) is 11.3 Å². The fourth-order valence-electron chi connectivity index (χ4n) is 3.96. The molecule has 0 bridgehead atoms. The number of carbonyl (C=O) groups excluding carboxylic acids is 1. The van der Waals surface area contributed by atoms with Gasteiger partial charge in [0, 0.05) is 35.0 Å². The minimum atomic E-state index is -0.530. The first-order valence-electron chi connectivity index (χ1n) is 10.3. The van der Waals surface area contributed by atoms with E-state index in [1.165, 1.54) is 35.2 Å². The van der Waals surface area contributed by atoms with Gasteiger partial charge in [0.15, 0.2) is 0 Å². The highest BCUT2D eigenvalue weighted by Gasteiger charge is 2.17. The molecule has 0 saturated heterocycles. The number of carbonyl (C=O) groups is 1. The van der Waals surface area contributed by atoms with Crippen molar-refractivity contribution in [2.24, 2.45) is 0 Å². The van der Waals surface area contributed by atoms with E-state index >= 15 is 0 Å². The Bertz CT molecular complexity index is 1650. The summed E-state index contributed by atoms with van der Waals surface area (Å²) in [4.78, 5) is 43.1. The number of thiophene rings is 1. The average molecular weight is 458 g/mol. The topological polar surface area (TPSA) is 94.2 Å². The first-order chi connectivity index (χ1) is 15.9. The van der Waals surface area contributed by atoms with Crippen LogP contribution in [0.4, 0.5) is 5.69 Å². The van der Waals surface area contributed by atoms with Crippen molar-refractivity contribution < 1.29 is 9.21 Å². The second-order valence-corrected chi connectivity index (χ2v) is 8.76. The highest BCUT2D eigenvalue weighted by Crippen LogP contribution is 2.35. The molecule has 0 unspecified atom stereocenters. The Morgan fingerprint density at radius 1 is 1.12 bits per heavy atom. The Kier molecular flexibility index (Phi) is 5.14. The molecule has 1 N–H and O–H groups in total. The Balaban J connectivity index is 1.60. The maximum absolute atomic E-state index is 13.4. The van der Waals surface area contributed by atoms with Crippen LogP contribution < -0.4 is 16.5 Å².